The van der Waals surface area contributed by atoms with Crippen LogP contribution in [-0.2, 0) is 0 Å². The van der Waals surface area contributed by atoms with Gasteiger partial charge < -0.3 is 4.74 Å². The zero-order valence-electron chi connectivity index (χ0n) is 9.96. The fraction of sp³-hybridized carbons (Fsp3) is 0.143. The van der Waals surface area contributed by atoms with E-state index in [0.717, 1.165) is 10.0 Å². The van der Waals surface area contributed by atoms with Crippen LogP contribution >= 0.6 is 39.1 Å². The van der Waals surface area contributed by atoms with Gasteiger partial charge >= 0.3 is 0 Å². The minimum Gasteiger partial charge on any atom is -0.496 e. The Kier molecular flexibility index (Phi) is 4.71. The minimum absolute atomic E-state index is 0.0776. The van der Waals surface area contributed by atoms with Crippen molar-refractivity contribution in [1.29, 1.82) is 0 Å². The molecule has 0 spiro atoms. The highest BCUT2D eigenvalue weighted by atomic mass is 79.9. The second-order valence-corrected chi connectivity index (χ2v) is 5.68. The first-order chi connectivity index (χ1) is 9.02. The average Bonchev–Trinajstić information content (AvgIpc) is 2.41. The largest absolute Gasteiger partial charge is 0.496 e. The van der Waals surface area contributed by atoms with Crippen molar-refractivity contribution in [1.82, 2.24) is 0 Å². The maximum atomic E-state index is 13.5. The molecule has 0 aromatic heterocycles. The lowest BCUT2D eigenvalue weighted by atomic mass is 10.0. The van der Waals surface area contributed by atoms with Crippen LogP contribution in [0.5, 0.6) is 5.75 Å². The summed E-state index contributed by atoms with van der Waals surface area (Å²) in [6.07, 6.45) is 0. The predicted molar refractivity (Wildman–Crippen MR) is 79.8 cm³/mol. The Hall–Kier alpha value is -0.770. The Morgan fingerprint density at radius 2 is 1.95 bits per heavy atom. The van der Waals surface area contributed by atoms with Crippen molar-refractivity contribution in [3.8, 4) is 5.75 Å². The first-order valence-corrected chi connectivity index (χ1v) is 7.06. The number of ether oxygens (including phenoxy) is 1. The normalized spacial score (nSPS) is 12.3. The van der Waals surface area contributed by atoms with Crippen molar-refractivity contribution in [2.24, 2.45) is 0 Å². The first-order valence-electron chi connectivity index (χ1n) is 5.45. The summed E-state index contributed by atoms with van der Waals surface area (Å²) >= 11 is 15.4. The highest BCUT2D eigenvalue weighted by molar-refractivity contribution is 9.10. The molecule has 1 atom stereocenters. The molecule has 0 N–H and O–H groups in total. The third-order valence-electron chi connectivity index (χ3n) is 2.70. The van der Waals surface area contributed by atoms with Crippen molar-refractivity contribution < 1.29 is 9.13 Å². The summed E-state index contributed by atoms with van der Waals surface area (Å²) in [4.78, 5) is 0. The smallest absolute Gasteiger partial charge is 0.142 e. The maximum Gasteiger partial charge on any atom is 0.142 e. The van der Waals surface area contributed by atoms with Crippen LogP contribution in [0.1, 0.15) is 16.5 Å². The molecule has 0 aliphatic carbocycles. The van der Waals surface area contributed by atoms with Crippen molar-refractivity contribution in [3.63, 3.8) is 0 Å². The van der Waals surface area contributed by atoms with Gasteiger partial charge in [-0.15, -0.1) is 11.6 Å². The predicted octanol–water partition coefficient (Wildman–Crippen LogP) is 5.58. The SMILES string of the molecule is COc1ccc(Br)cc1C(Cl)c1ccc(Cl)c(F)c1. The summed E-state index contributed by atoms with van der Waals surface area (Å²) in [6, 6.07) is 10.0. The van der Waals surface area contributed by atoms with E-state index >= 15 is 0 Å². The van der Waals surface area contributed by atoms with E-state index in [-0.39, 0.29) is 5.02 Å². The molecule has 0 bridgehead atoms. The summed E-state index contributed by atoms with van der Waals surface area (Å²) in [5.41, 5.74) is 1.39. The quantitative estimate of drug-likeness (QED) is 0.647. The van der Waals surface area contributed by atoms with E-state index in [1.807, 2.05) is 12.1 Å². The monoisotopic (exact) mass is 362 g/mol. The van der Waals surface area contributed by atoms with Crippen molar-refractivity contribution >= 4 is 39.1 Å². The summed E-state index contributed by atoms with van der Waals surface area (Å²) in [5.74, 6) is 0.164. The lowest BCUT2D eigenvalue weighted by Crippen LogP contribution is -1.98. The van der Waals surface area contributed by atoms with Gasteiger partial charge in [-0.05, 0) is 35.9 Å². The fourth-order valence-corrected chi connectivity index (χ4v) is 2.56. The van der Waals surface area contributed by atoms with E-state index < -0.39 is 11.2 Å². The molecular formula is C14H10BrCl2FO. The van der Waals surface area contributed by atoms with E-state index in [4.69, 9.17) is 27.9 Å². The number of halogens is 4. The standard InChI is InChI=1S/C14H10BrCl2FO/c1-19-13-5-3-9(15)7-10(13)14(17)8-2-4-11(16)12(18)6-8/h2-7,14H,1H3. The van der Waals surface area contributed by atoms with E-state index in [1.165, 1.54) is 12.1 Å². The number of hydrogen-bond donors (Lipinski definition) is 0. The van der Waals surface area contributed by atoms with Gasteiger partial charge in [0, 0.05) is 10.0 Å². The molecule has 100 valence electrons. The molecule has 2 rings (SSSR count). The van der Waals surface area contributed by atoms with Crippen LogP contribution in [0, 0.1) is 5.82 Å². The molecule has 19 heavy (non-hydrogen) atoms. The number of alkyl halides is 1. The van der Waals surface area contributed by atoms with E-state index in [2.05, 4.69) is 15.9 Å². The maximum absolute atomic E-state index is 13.5. The molecule has 0 heterocycles. The summed E-state index contributed by atoms with van der Waals surface area (Å²) in [7, 11) is 1.57. The van der Waals surface area contributed by atoms with Crippen LogP contribution in [0.15, 0.2) is 40.9 Å². The molecular weight excluding hydrogens is 354 g/mol. The highest BCUT2D eigenvalue weighted by Gasteiger charge is 2.17. The topological polar surface area (TPSA) is 9.23 Å². The van der Waals surface area contributed by atoms with Gasteiger partial charge in [0.1, 0.15) is 11.6 Å². The Labute approximate surface area is 129 Å². The van der Waals surface area contributed by atoms with Gasteiger partial charge in [0.2, 0.25) is 0 Å². The van der Waals surface area contributed by atoms with Gasteiger partial charge in [0.25, 0.3) is 0 Å². The molecule has 0 aliphatic rings. The third-order valence-corrected chi connectivity index (χ3v) is 3.99. The first kappa shape index (κ1) is 14.6. The van der Waals surface area contributed by atoms with E-state index in [9.17, 15) is 4.39 Å². The summed E-state index contributed by atoms with van der Waals surface area (Å²) in [5, 5.41) is -0.437. The molecule has 0 aliphatic heterocycles. The van der Waals surface area contributed by atoms with Crippen molar-refractivity contribution in [3.05, 3.63) is 62.8 Å². The molecule has 2 aromatic rings. The number of hydrogen-bond acceptors (Lipinski definition) is 1. The third kappa shape index (κ3) is 3.22. The minimum atomic E-state index is -0.515. The molecule has 0 amide bonds. The zero-order valence-corrected chi connectivity index (χ0v) is 13.1. The van der Waals surface area contributed by atoms with Crippen LogP contribution in [0.25, 0.3) is 0 Å². The van der Waals surface area contributed by atoms with Gasteiger partial charge in [0.15, 0.2) is 0 Å². The fourth-order valence-electron chi connectivity index (χ4n) is 1.75. The lowest BCUT2D eigenvalue weighted by molar-refractivity contribution is 0.410. The van der Waals surface area contributed by atoms with Gasteiger partial charge in [-0.1, -0.05) is 33.6 Å². The second-order valence-electron chi connectivity index (χ2n) is 3.92. The Bertz CT molecular complexity index is 604. The van der Waals surface area contributed by atoms with Crippen molar-refractivity contribution in [2.75, 3.05) is 7.11 Å². The van der Waals surface area contributed by atoms with Gasteiger partial charge in [-0.3, -0.25) is 0 Å². The van der Waals surface area contributed by atoms with Crippen LogP contribution < -0.4 is 4.74 Å². The van der Waals surface area contributed by atoms with Crippen LogP contribution in [0.3, 0.4) is 0 Å². The molecule has 2 aromatic carbocycles. The highest BCUT2D eigenvalue weighted by Crippen LogP contribution is 2.37. The van der Waals surface area contributed by atoms with E-state index in [1.54, 1.807) is 19.2 Å². The average molecular weight is 364 g/mol. The number of rotatable bonds is 3. The molecule has 5 heteroatoms. The lowest BCUT2D eigenvalue weighted by Gasteiger charge is -2.15. The summed E-state index contributed by atoms with van der Waals surface area (Å²) < 4.78 is 19.6. The molecule has 1 unspecified atom stereocenters. The van der Waals surface area contributed by atoms with Crippen molar-refractivity contribution in [2.45, 2.75) is 5.38 Å². The molecule has 0 radical (unpaired) electrons. The summed E-state index contributed by atoms with van der Waals surface area (Å²) in [6.45, 7) is 0. The molecule has 1 nitrogen and oxygen atoms in total. The number of benzene rings is 2. The van der Waals surface area contributed by atoms with Gasteiger partial charge in [-0.25, -0.2) is 4.39 Å². The zero-order chi connectivity index (χ0) is 14.0. The Morgan fingerprint density at radius 1 is 1.21 bits per heavy atom. The van der Waals surface area contributed by atoms with Gasteiger partial charge in [0.05, 0.1) is 17.5 Å². The van der Waals surface area contributed by atoms with Crippen LogP contribution in [0.4, 0.5) is 4.39 Å². The van der Waals surface area contributed by atoms with E-state index in [0.29, 0.717) is 11.3 Å². The van der Waals surface area contributed by atoms with Crippen LogP contribution in [-0.4, -0.2) is 7.11 Å². The Morgan fingerprint density at radius 3 is 2.58 bits per heavy atom. The molecule has 0 fully saturated rings. The molecule has 0 saturated carbocycles. The second kappa shape index (κ2) is 6.12. The Balaban J connectivity index is 2.45. The van der Waals surface area contributed by atoms with Gasteiger partial charge in [-0.2, -0.15) is 0 Å². The number of methoxy groups -OCH3 is 1. The molecule has 0 saturated heterocycles. The van der Waals surface area contributed by atoms with Crippen LogP contribution in [0.2, 0.25) is 5.02 Å².